The summed E-state index contributed by atoms with van der Waals surface area (Å²) < 4.78 is 29.7. The van der Waals surface area contributed by atoms with E-state index in [2.05, 4.69) is 10.6 Å². The number of aryl methyl sites for hydroxylation is 1. The minimum Gasteiger partial charge on any atom is -0.342 e. The van der Waals surface area contributed by atoms with Gasteiger partial charge in [0.1, 0.15) is 24.4 Å². The van der Waals surface area contributed by atoms with Crippen molar-refractivity contribution in [2.75, 3.05) is 5.32 Å². The Labute approximate surface area is 181 Å². The number of rotatable bonds is 4. The third-order valence-electron chi connectivity index (χ3n) is 5.57. The van der Waals surface area contributed by atoms with E-state index in [1.165, 1.54) is 0 Å². The Morgan fingerprint density at radius 1 is 0.935 bits per heavy atom. The smallest absolute Gasteiger partial charge is 0.252 e. The van der Waals surface area contributed by atoms with Gasteiger partial charge in [-0.25, -0.2) is 0 Å². The maximum atomic E-state index is 13.1. The maximum Gasteiger partial charge on any atom is 0.252 e. The zero-order chi connectivity index (χ0) is 22.6. The second-order valence-corrected chi connectivity index (χ2v) is 9.12. The first kappa shape index (κ1) is 22.2. The number of fused-ring (bicyclic) bond motifs is 3. The minimum atomic E-state index is -1.01. The van der Waals surface area contributed by atoms with E-state index < -0.39 is 54.2 Å². The normalized spacial score (nSPS) is 33.8. The average Bonchev–Trinajstić information content (AvgIpc) is 3.16. The number of amides is 2. The number of nitrogens with one attached hydrogen (secondary N) is 2. The Morgan fingerprint density at radius 3 is 2.26 bits per heavy atom. The van der Waals surface area contributed by atoms with E-state index in [4.69, 9.17) is 23.7 Å². The lowest BCUT2D eigenvalue weighted by molar-refractivity contribution is -0.231. The monoisotopic (exact) mass is 434 g/mol. The standard InChI is InChI=1S/C22H30N2O7/c1-11-9-7-8-10-13(11)24-18(25)12(2)23-19(26)16-14-15(29-21(3,4)28-14)17-20(27-16)31-22(5,6)30-17/h7-10,12,14-17,20H,1-6H3,(H,23,26)(H,24,25)/t12-,14+,15-,16+,17+,20+/m0/s1. The SMILES string of the molecule is Cc1ccccc1NC(=O)[C@H](C)NC(=O)[C@@H]1O[C@@H]2OC(C)(C)O[C@@H]2[C@H]2OC(C)(C)O[C@H]21. The molecule has 0 aliphatic carbocycles. The summed E-state index contributed by atoms with van der Waals surface area (Å²) in [6, 6.07) is 6.64. The molecule has 2 N–H and O–H groups in total. The molecule has 170 valence electrons. The Kier molecular flexibility index (Phi) is 5.60. The molecule has 2 amide bonds. The molecule has 0 spiro atoms. The maximum absolute atomic E-state index is 13.1. The highest BCUT2D eigenvalue weighted by atomic mass is 16.9. The molecule has 0 saturated carbocycles. The Hall–Kier alpha value is -2.04. The van der Waals surface area contributed by atoms with Crippen molar-refractivity contribution in [1.82, 2.24) is 5.32 Å². The van der Waals surface area contributed by atoms with Gasteiger partial charge in [0.05, 0.1) is 0 Å². The van der Waals surface area contributed by atoms with Gasteiger partial charge in [-0.2, -0.15) is 0 Å². The van der Waals surface area contributed by atoms with Crippen molar-refractivity contribution in [3.63, 3.8) is 0 Å². The topological polar surface area (TPSA) is 104 Å². The average molecular weight is 434 g/mol. The molecule has 3 heterocycles. The van der Waals surface area contributed by atoms with Gasteiger partial charge in [0.15, 0.2) is 24.0 Å². The van der Waals surface area contributed by atoms with Crippen LogP contribution in [0.5, 0.6) is 0 Å². The second-order valence-electron chi connectivity index (χ2n) is 9.12. The number of para-hydroxylation sites is 1. The van der Waals surface area contributed by atoms with Gasteiger partial charge in [-0.3, -0.25) is 9.59 Å². The molecule has 9 heteroatoms. The lowest BCUT2D eigenvalue weighted by Gasteiger charge is -2.36. The number of carbonyl (C=O) groups excluding carboxylic acids is 2. The van der Waals surface area contributed by atoms with Gasteiger partial charge in [0.2, 0.25) is 5.91 Å². The van der Waals surface area contributed by atoms with E-state index in [1.54, 1.807) is 34.6 Å². The Balaban J connectivity index is 1.46. The number of anilines is 1. The number of carbonyl (C=O) groups is 2. The second kappa shape index (κ2) is 7.83. The van der Waals surface area contributed by atoms with Crippen molar-refractivity contribution in [2.45, 2.75) is 89.9 Å². The molecule has 1 aromatic carbocycles. The van der Waals surface area contributed by atoms with Crippen molar-refractivity contribution in [3.05, 3.63) is 29.8 Å². The van der Waals surface area contributed by atoms with Crippen molar-refractivity contribution in [1.29, 1.82) is 0 Å². The number of hydrogen-bond donors (Lipinski definition) is 2. The van der Waals surface area contributed by atoms with Gasteiger partial charge in [-0.15, -0.1) is 0 Å². The summed E-state index contributed by atoms with van der Waals surface area (Å²) >= 11 is 0. The van der Waals surface area contributed by atoms with E-state index in [0.717, 1.165) is 5.56 Å². The Morgan fingerprint density at radius 2 is 1.55 bits per heavy atom. The molecule has 9 nitrogen and oxygen atoms in total. The fourth-order valence-corrected chi connectivity index (χ4v) is 4.14. The first-order chi connectivity index (χ1) is 14.5. The van der Waals surface area contributed by atoms with Crippen LogP contribution in [0.3, 0.4) is 0 Å². The van der Waals surface area contributed by atoms with E-state index in [-0.39, 0.29) is 5.91 Å². The molecular weight excluding hydrogens is 404 g/mol. The first-order valence-corrected chi connectivity index (χ1v) is 10.5. The van der Waals surface area contributed by atoms with Crippen LogP contribution < -0.4 is 10.6 Å². The summed E-state index contributed by atoms with van der Waals surface area (Å²) in [7, 11) is 0. The zero-order valence-electron chi connectivity index (χ0n) is 18.6. The molecule has 1 aromatic rings. The van der Waals surface area contributed by atoms with Crippen LogP contribution in [0.1, 0.15) is 40.2 Å². The van der Waals surface area contributed by atoms with Gasteiger partial charge in [-0.1, -0.05) is 18.2 Å². The van der Waals surface area contributed by atoms with E-state index in [9.17, 15) is 9.59 Å². The molecular formula is C22H30N2O7. The van der Waals surface area contributed by atoms with Gasteiger partial charge in [0, 0.05) is 5.69 Å². The molecule has 3 aliphatic heterocycles. The predicted molar refractivity (Wildman–Crippen MR) is 110 cm³/mol. The molecule has 3 fully saturated rings. The molecule has 3 saturated heterocycles. The zero-order valence-corrected chi connectivity index (χ0v) is 18.6. The third kappa shape index (κ3) is 4.47. The molecule has 6 atom stereocenters. The molecule has 0 unspecified atom stereocenters. The minimum absolute atomic E-state index is 0.335. The van der Waals surface area contributed by atoms with Crippen molar-refractivity contribution in [3.8, 4) is 0 Å². The summed E-state index contributed by atoms with van der Waals surface area (Å²) in [6.07, 6.45) is -3.55. The number of ether oxygens (including phenoxy) is 5. The third-order valence-corrected chi connectivity index (χ3v) is 5.57. The summed E-state index contributed by atoms with van der Waals surface area (Å²) in [5, 5.41) is 5.55. The highest BCUT2D eigenvalue weighted by Gasteiger charge is 2.62. The van der Waals surface area contributed by atoms with E-state index in [0.29, 0.717) is 5.69 Å². The van der Waals surface area contributed by atoms with Gasteiger partial charge >= 0.3 is 0 Å². The quantitative estimate of drug-likeness (QED) is 0.745. The molecule has 0 bridgehead atoms. The van der Waals surface area contributed by atoms with Gasteiger partial charge in [-0.05, 0) is 53.2 Å². The molecule has 0 aromatic heterocycles. The van der Waals surface area contributed by atoms with Crippen LogP contribution in [-0.2, 0) is 33.3 Å². The van der Waals surface area contributed by atoms with Crippen molar-refractivity contribution in [2.24, 2.45) is 0 Å². The lowest BCUT2D eigenvalue weighted by atomic mass is 9.98. The van der Waals surface area contributed by atoms with Crippen LogP contribution in [0, 0.1) is 6.92 Å². The summed E-state index contributed by atoms with van der Waals surface area (Å²) in [6.45, 7) is 10.6. The number of benzene rings is 1. The van der Waals surface area contributed by atoms with Gasteiger partial charge < -0.3 is 34.3 Å². The fourth-order valence-electron chi connectivity index (χ4n) is 4.14. The van der Waals surface area contributed by atoms with E-state index >= 15 is 0 Å². The van der Waals surface area contributed by atoms with Crippen LogP contribution >= 0.6 is 0 Å². The summed E-state index contributed by atoms with van der Waals surface area (Å²) in [4.78, 5) is 25.7. The molecule has 0 radical (unpaired) electrons. The summed E-state index contributed by atoms with van der Waals surface area (Å²) in [5.74, 6) is -2.59. The van der Waals surface area contributed by atoms with Crippen LogP contribution in [0.25, 0.3) is 0 Å². The molecule has 4 rings (SSSR count). The highest BCUT2D eigenvalue weighted by Crippen LogP contribution is 2.44. The summed E-state index contributed by atoms with van der Waals surface area (Å²) in [5.41, 5.74) is 1.62. The molecule has 31 heavy (non-hydrogen) atoms. The van der Waals surface area contributed by atoms with Gasteiger partial charge in [0.25, 0.3) is 5.91 Å². The van der Waals surface area contributed by atoms with Crippen LogP contribution in [0.15, 0.2) is 24.3 Å². The largest absolute Gasteiger partial charge is 0.342 e. The lowest BCUT2D eigenvalue weighted by Crippen LogP contribution is -2.60. The highest BCUT2D eigenvalue weighted by molar-refractivity contribution is 5.98. The van der Waals surface area contributed by atoms with Crippen LogP contribution in [-0.4, -0.2) is 60.1 Å². The first-order valence-electron chi connectivity index (χ1n) is 10.5. The van der Waals surface area contributed by atoms with E-state index in [1.807, 2.05) is 31.2 Å². The molecule has 3 aliphatic rings. The number of hydrogen-bond acceptors (Lipinski definition) is 7. The predicted octanol–water partition coefficient (Wildman–Crippen LogP) is 1.83. The van der Waals surface area contributed by atoms with Crippen molar-refractivity contribution >= 4 is 17.5 Å². The fraction of sp³-hybridized carbons (Fsp3) is 0.636. The van der Waals surface area contributed by atoms with Crippen molar-refractivity contribution < 1.29 is 33.3 Å². The van der Waals surface area contributed by atoms with Crippen LogP contribution in [0.2, 0.25) is 0 Å². The Bertz CT molecular complexity index is 871. The van der Waals surface area contributed by atoms with Crippen LogP contribution in [0.4, 0.5) is 5.69 Å².